The van der Waals surface area contributed by atoms with E-state index in [1.807, 2.05) is 0 Å². The molecule has 3 nitrogen and oxygen atoms in total. The smallest absolute Gasteiger partial charge is 0.306 e. The third-order valence-corrected chi connectivity index (χ3v) is 5.71. The highest BCUT2D eigenvalue weighted by atomic mass is 16.6. The minimum atomic E-state index is -0.638. The van der Waals surface area contributed by atoms with Crippen LogP contribution >= 0.6 is 0 Å². The third-order valence-electron chi connectivity index (χ3n) is 5.71. The molecule has 0 spiro atoms. The molecule has 1 heterocycles. The van der Waals surface area contributed by atoms with E-state index in [0.29, 0.717) is 6.42 Å². The fraction of sp³-hybridized carbons (Fsp3) is 0.957. The van der Waals surface area contributed by atoms with Crippen LogP contribution < -0.4 is 0 Å². The first-order valence-corrected chi connectivity index (χ1v) is 11.6. The highest BCUT2D eigenvalue weighted by molar-refractivity contribution is 5.69. The lowest BCUT2D eigenvalue weighted by atomic mass is 9.96. The van der Waals surface area contributed by atoms with Gasteiger partial charge in [-0.05, 0) is 12.8 Å². The standard InChI is InChI=1S/C23H44O3/c1-2-3-4-5-6-7-8-9-10-11-12-13-14-15-16-17-18-21(23(24)25)19-22-20-26-22/h21-22H,2-20H2,1H3,(H,24,25). The first-order chi connectivity index (χ1) is 12.7. The molecule has 1 aliphatic heterocycles. The molecule has 3 heteroatoms. The van der Waals surface area contributed by atoms with Crippen LogP contribution in [0.3, 0.4) is 0 Å². The average molecular weight is 369 g/mol. The second-order valence-corrected chi connectivity index (χ2v) is 8.32. The van der Waals surface area contributed by atoms with Gasteiger partial charge >= 0.3 is 5.97 Å². The number of aliphatic carboxylic acids is 1. The van der Waals surface area contributed by atoms with Crippen molar-refractivity contribution in [2.45, 2.75) is 129 Å². The predicted octanol–water partition coefficient (Wildman–Crippen LogP) is 7.13. The van der Waals surface area contributed by atoms with E-state index >= 15 is 0 Å². The second-order valence-electron chi connectivity index (χ2n) is 8.32. The number of carboxylic acids is 1. The van der Waals surface area contributed by atoms with E-state index in [-0.39, 0.29) is 12.0 Å². The van der Waals surface area contributed by atoms with Gasteiger partial charge in [0, 0.05) is 0 Å². The summed E-state index contributed by atoms with van der Waals surface area (Å²) in [7, 11) is 0. The molecule has 0 aromatic rings. The maximum absolute atomic E-state index is 11.2. The molecule has 1 N–H and O–H groups in total. The molecule has 26 heavy (non-hydrogen) atoms. The fourth-order valence-corrected chi connectivity index (χ4v) is 3.80. The summed E-state index contributed by atoms with van der Waals surface area (Å²) in [4.78, 5) is 11.2. The molecule has 2 atom stereocenters. The minimum absolute atomic E-state index is 0.186. The molecule has 2 unspecified atom stereocenters. The molecular weight excluding hydrogens is 324 g/mol. The monoisotopic (exact) mass is 368 g/mol. The van der Waals surface area contributed by atoms with E-state index in [1.165, 1.54) is 96.3 Å². The van der Waals surface area contributed by atoms with Gasteiger partial charge in [0.05, 0.1) is 18.6 Å². The molecule has 1 rings (SSSR count). The summed E-state index contributed by atoms with van der Waals surface area (Å²) in [5, 5.41) is 9.22. The maximum atomic E-state index is 11.2. The van der Waals surface area contributed by atoms with Gasteiger partial charge in [0.15, 0.2) is 0 Å². The van der Waals surface area contributed by atoms with Gasteiger partial charge < -0.3 is 9.84 Å². The molecule has 0 aliphatic carbocycles. The van der Waals surface area contributed by atoms with Crippen molar-refractivity contribution in [3.63, 3.8) is 0 Å². The first-order valence-electron chi connectivity index (χ1n) is 11.6. The molecular formula is C23H44O3. The molecule has 0 aromatic carbocycles. The van der Waals surface area contributed by atoms with Crippen LogP contribution in [0.25, 0.3) is 0 Å². The molecule has 0 amide bonds. The lowest BCUT2D eigenvalue weighted by Gasteiger charge is -2.10. The topological polar surface area (TPSA) is 49.8 Å². The van der Waals surface area contributed by atoms with Crippen LogP contribution in [-0.4, -0.2) is 23.8 Å². The van der Waals surface area contributed by atoms with Gasteiger partial charge in [-0.25, -0.2) is 0 Å². The summed E-state index contributed by atoms with van der Waals surface area (Å²) in [5.74, 6) is -0.824. The summed E-state index contributed by atoms with van der Waals surface area (Å²) >= 11 is 0. The molecule has 0 aromatic heterocycles. The van der Waals surface area contributed by atoms with Gasteiger partial charge in [-0.15, -0.1) is 0 Å². The van der Waals surface area contributed by atoms with Gasteiger partial charge in [0.1, 0.15) is 0 Å². The normalized spacial score (nSPS) is 17.3. The predicted molar refractivity (Wildman–Crippen MR) is 110 cm³/mol. The van der Waals surface area contributed by atoms with E-state index in [1.54, 1.807) is 0 Å². The highest BCUT2D eigenvalue weighted by Crippen LogP contribution is 2.24. The SMILES string of the molecule is CCCCCCCCCCCCCCCCCCC(CC1CO1)C(=O)O. The zero-order chi connectivity index (χ0) is 18.9. The van der Waals surface area contributed by atoms with Crippen LogP contribution in [0.15, 0.2) is 0 Å². The number of carboxylic acid groups (broad SMARTS) is 1. The third kappa shape index (κ3) is 14.6. The molecule has 0 radical (unpaired) electrons. The number of carbonyl (C=O) groups is 1. The molecule has 1 fully saturated rings. The van der Waals surface area contributed by atoms with E-state index < -0.39 is 5.97 Å². The zero-order valence-corrected chi connectivity index (χ0v) is 17.4. The van der Waals surface area contributed by atoms with Gasteiger partial charge in [-0.3, -0.25) is 4.79 Å². The molecule has 0 saturated carbocycles. The minimum Gasteiger partial charge on any atom is -0.481 e. The van der Waals surface area contributed by atoms with Crippen LogP contribution in [0.1, 0.15) is 122 Å². The first kappa shape index (κ1) is 23.5. The number of epoxide rings is 1. The van der Waals surface area contributed by atoms with Crippen LogP contribution in [0.4, 0.5) is 0 Å². The Kier molecular flexibility index (Phi) is 15.0. The van der Waals surface area contributed by atoms with Crippen molar-refractivity contribution in [2.75, 3.05) is 6.61 Å². The zero-order valence-electron chi connectivity index (χ0n) is 17.4. The van der Waals surface area contributed by atoms with Crippen molar-refractivity contribution in [1.82, 2.24) is 0 Å². The van der Waals surface area contributed by atoms with E-state index in [4.69, 9.17) is 4.74 Å². The molecule has 1 aliphatic rings. The van der Waals surface area contributed by atoms with Crippen molar-refractivity contribution in [1.29, 1.82) is 0 Å². The molecule has 1 saturated heterocycles. The van der Waals surface area contributed by atoms with Crippen molar-refractivity contribution in [3.05, 3.63) is 0 Å². The quantitative estimate of drug-likeness (QED) is 0.184. The van der Waals surface area contributed by atoms with Gasteiger partial charge in [0.25, 0.3) is 0 Å². The summed E-state index contributed by atoms with van der Waals surface area (Å²) in [6.45, 7) is 3.05. The van der Waals surface area contributed by atoms with E-state index in [9.17, 15) is 9.90 Å². The van der Waals surface area contributed by atoms with E-state index in [2.05, 4.69) is 6.92 Å². The lowest BCUT2D eigenvalue weighted by Crippen LogP contribution is -2.15. The summed E-state index contributed by atoms with van der Waals surface area (Å²) in [6.07, 6.45) is 23.5. The Morgan fingerprint density at radius 3 is 1.54 bits per heavy atom. The summed E-state index contributed by atoms with van der Waals surface area (Å²) in [5.41, 5.74) is 0. The molecule has 154 valence electrons. The lowest BCUT2D eigenvalue weighted by molar-refractivity contribution is -0.142. The van der Waals surface area contributed by atoms with Crippen LogP contribution in [-0.2, 0) is 9.53 Å². The van der Waals surface area contributed by atoms with E-state index in [0.717, 1.165) is 19.4 Å². The Bertz CT molecular complexity index is 325. The number of hydrogen-bond acceptors (Lipinski definition) is 2. The van der Waals surface area contributed by atoms with Crippen LogP contribution in [0.5, 0.6) is 0 Å². The van der Waals surface area contributed by atoms with Crippen LogP contribution in [0.2, 0.25) is 0 Å². The van der Waals surface area contributed by atoms with Crippen molar-refractivity contribution >= 4 is 5.97 Å². The van der Waals surface area contributed by atoms with Crippen LogP contribution in [0, 0.1) is 5.92 Å². The number of rotatable bonds is 20. The Morgan fingerprint density at radius 2 is 1.19 bits per heavy atom. The second kappa shape index (κ2) is 16.6. The fourth-order valence-electron chi connectivity index (χ4n) is 3.80. The highest BCUT2D eigenvalue weighted by Gasteiger charge is 2.29. The Morgan fingerprint density at radius 1 is 0.808 bits per heavy atom. The van der Waals surface area contributed by atoms with Gasteiger partial charge in [0.2, 0.25) is 0 Å². The number of ether oxygens (including phenoxy) is 1. The van der Waals surface area contributed by atoms with Crippen molar-refractivity contribution in [2.24, 2.45) is 5.92 Å². The maximum Gasteiger partial charge on any atom is 0.306 e. The van der Waals surface area contributed by atoms with Gasteiger partial charge in [-0.1, -0.05) is 110 Å². The summed E-state index contributed by atoms with van der Waals surface area (Å²) < 4.78 is 5.16. The number of hydrogen-bond donors (Lipinski definition) is 1. The molecule has 0 bridgehead atoms. The largest absolute Gasteiger partial charge is 0.481 e. The number of unbranched alkanes of at least 4 members (excludes halogenated alkanes) is 15. The Balaban J connectivity index is 1.74. The van der Waals surface area contributed by atoms with Crippen molar-refractivity contribution in [3.8, 4) is 0 Å². The Labute approximate surface area is 162 Å². The Hall–Kier alpha value is -0.570. The van der Waals surface area contributed by atoms with Gasteiger partial charge in [-0.2, -0.15) is 0 Å². The van der Waals surface area contributed by atoms with Crippen molar-refractivity contribution < 1.29 is 14.6 Å². The average Bonchev–Trinajstić information content (AvgIpc) is 3.44. The summed E-state index contributed by atoms with van der Waals surface area (Å²) in [6, 6.07) is 0.